The summed E-state index contributed by atoms with van der Waals surface area (Å²) in [7, 11) is 0. The molecule has 3 nitrogen and oxygen atoms in total. The lowest BCUT2D eigenvalue weighted by Crippen LogP contribution is -2.23. The van der Waals surface area contributed by atoms with E-state index in [4.69, 9.17) is 14.4 Å². The summed E-state index contributed by atoms with van der Waals surface area (Å²) in [6.45, 7) is 2.38. The summed E-state index contributed by atoms with van der Waals surface area (Å²) in [5, 5.41) is 2.25. The lowest BCUT2D eigenvalue weighted by atomic mass is 9.72. The van der Waals surface area contributed by atoms with E-state index in [2.05, 4.69) is 177 Å². The van der Waals surface area contributed by atoms with Gasteiger partial charge < -0.3 is 4.42 Å². The van der Waals surface area contributed by atoms with Crippen LogP contribution in [-0.4, -0.2) is 9.97 Å². The summed E-state index contributed by atoms with van der Waals surface area (Å²) in [6, 6.07) is 71.1. The van der Waals surface area contributed by atoms with Crippen LogP contribution in [0.3, 0.4) is 0 Å². The van der Waals surface area contributed by atoms with Gasteiger partial charge in [-0.3, -0.25) is 0 Å². The molecular weight excluding hydrogens is 693 g/mol. The molecule has 0 bridgehead atoms. The average molecular weight is 729 g/mol. The number of furan rings is 1. The molecule has 1 aliphatic carbocycles. The monoisotopic (exact) mass is 728 g/mol. The Balaban J connectivity index is 1.01. The minimum absolute atomic E-state index is 0.313. The minimum atomic E-state index is -0.313. The second kappa shape index (κ2) is 13.1. The van der Waals surface area contributed by atoms with Gasteiger partial charge in [-0.05, 0) is 87.3 Å². The fourth-order valence-corrected chi connectivity index (χ4v) is 8.96. The normalized spacial score (nSPS) is 14.5. The molecule has 11 rings (SSSR count). The first-order valence-electron chi connectivity index (χ1n) is 19.5. The van der Waals surface area contributed by atoms with E-state index in [9.17, 15) is 0 Å². The van der Waals surface area contributed by atoms with Crippen molar-refractivity contribution in [3.8, 4) is 67.3 Å². The van der Waals surface area contributed by atoms with Crippen LogP contribution in [0, 0.1) is 0 Å². The Morgan fingerprint density at radius 2 is 0.982 bits per heavy atom. The Hall–Kier alpha value is -7.36. The fourth-order valence-electron chi connectivity index (χ4n) is 8.96. The smallest absolute Gasteiger partial charge is 0.160 e. The maximum Gasteiger partial charge on any atom is 0.160 e. The first-order valence-corrected chi connectivity index (χ1v) is 19.5. The van der Waals surface area contributed by atoms with Crippen LogP contribution in [0.2, 0.25) is 0 Å². The molecule has 0 spiro atoms. The number of hydrogen-bond donors (Lipinski definition) is 0. The van der Waals surface area contributed by atoms with Crippen molar-refractivity contribution < 1.29 is 4.42 Å². The van der Waals surface area contributed by atoms with Gasteiger partial charge in [-0.1, -0.05) is 170 Å². The van der Waals surface area contributed by atoms with Gasteiger partial charge in [0.25, 0.3) is 0 Å². The molecule has 10 aromatic rings. The number of nitrogens with zero attached hydrogens (tertiary/aromatic N) is 2. The van der Waals surface area contributed by atoms with Crippen LogP contribution in [0.1, 0.15) is 23.6 Å². The second-order valence-electron chi connectivity index (χ2n) is 15.1. The van der Waals surface area contributed by atoms with Gasteiger partial charge in [0.2, 0.25) is 0 Å². The van der Waals surface area contributed by atoms with Crippen LogP contribution < -0.4 is 0 Å². The number of fused-ring (bicyclic) bond motifs is 6. The Morgan fingerprint density at radius 1 is 0.386 bits per heavy atom. The van der Waals surface area contributed by atoms with E-state index in [1.54, 1.807) is 0 Å². The molecule has 0 amide bonds. The molecule has 0 radical (unpaired) electrons. The number of rotatable bonds is 6. The van der Waals surface area contributed by atoms with Crippen molar-refractivity contribution in [2.24, 2.45) is 0 Å². The molecule has 0 fully saturated rings. The predicted molar refractivity (Wildman–Crippen MR) is 234 cm³/mol. The maximum absolute atomic E-state index is 6.09. The predicted octanol–water partition coefficient (Wildman–Crippen LogP) is 14.0. The second-order valence-corrected chi connectivity index (χ2v) is 15.1. The van der Waals surface area contributed by atoms with Gasteiger partial charge in [-0.25, -0.2) is 9.97 Å². The third kappa shape index (κ3) is 5.43. The Labute approximate surface area is 331 Å². The van der Waals surface area contributed by atoms with Crippen molar-refractivity contribution in [1.29, 1.82) is 0 Å². The van der Waals surface area contributed by atoms with Crippen molar-refractivity contribution in [3.63, 3.8) is 0 Å². The number of para-hydroxylation sites is 1. The quantitative estimate of drug-likeness (QED) is 0.171. The molecule has 2 heterocycles. The van der Waals surface area contributed by atoms with Gasteiger partial charge in [0, 0.05) is 32.9 Å². The molecule has 1 unspecified atom stereocenters. The molecular formula is C54H36N2O. The summed E-state index contributed by atoms with van der Waals surface area (Å²) in [5.74, 6) is 0.697. The molecule has 0 saturated carbocycles. The molecule has 1 atom stereocenters. The van der Waals surface area contributed by atoms with Gasteiger partial charge in [-0.2, -0.15) is 0 Å². The van der Waals surface area contributed by atoms with Crippen LogP contribution in [-0.2, 0) is 5.41 Å². The van der Waals surface area contributed by atoms with E-state index in [0.717, 1.165) is 66.7 Å². The molecule has 268 valence electrons. The highest BCUT2D eigenvalue weighted by Gasteiger charge is 2.42. The summed E-state index contributed by atoms with van der Waals surface area (Å²) in [5.41, 5.74) is 17.5. The van der Waals surface area contributed by atoms with Crippen molar-refractivity contribution in [1.82, 2.24) is 9.97 Å². The van der Waals surface area contributed by atoms with E-state index >= 15 is 0 Å². The third-order valence-corrected chi connectivity index (χ3v) is 11.8. The largest absolute Gasteiger partial charge is 0.456 e. The van der Waals surface area contributed by atoms with Crippen LogP contribution >= 0.6 is 0 Å². The van der Waals surface area contributed by atoms with Crippen molar-refractivity contribution in [2.75, 3.05) is 0 Å². The van der Waals surface area contributed by atoms with Crippen LogP contribution in [0.25, 0.3) is 89.2 Å². The Morgan fingerprint density at radius 3 is 1.82 bits per heavy atom. The summed E-state index contributed by atoms with van der Waals surface area (Å²) in [4.78, 5) is 10.4. The van der Waals surface area contributed by atoms with Gasteiger partial charge >= 0.3 is 0 Å². The van der Waals surface area contributed by atoms with Gasteiger partial charge in [0.05, 0.1) is 11.4 Å². The highest BCUT2D eigenvalue weighted by atomic mass is 16.3. The van der Waals surface area contributed by atoms with Gasteiger partial charge in [0.1, 0.15) is 11.2 Å². The molecule has 1 aliphatic rings. The highest BCUT2D eigenvalue weighted by molar-refractivity contribution is 6.06. The summed E-state index contributed by atoms with van der Waals surface area (Å²) in [6.07, 6.45) is 0. The lowest BCUT2D eigenvalue weighted by Gasteiger charge is -2.30. The lowest BCUT2D eigenvalue weighted by molar-refractivity contribution is 0.669. The van der Waals surface area contributed by atoms with Crippen molar-refractivity contribution in [3.05, 3.63) is 217 Å². The van der Waals surface area contributed by atoms with E-state index in [-0.39, 0.29) is 5.41 Å². The first kappa shape index (κ1) is 33.0. The van der Waals surface area contributed by atoms with Crippen LogP contribution in [0.4, 0.5) is 0 Å². The zero-order chi connectivity index (χ0) is 37.9. The zero-order valence-corrected chi connectivity index (χ0v) is 31.4. The molecule has 3 heteroatoms. The van der Waals surface area contributed by atoms with Crippen molar-refractivity contribution in [2.45, 2.75) is 12.3 Å². The number of aromatic nitrogens is 2. The Kier molecular flexibility index (Phi) is 7.61. The van der Waals surface area contributed by atoms with Gasteiger partial charge in [0.15, 0.2) is 5.82 Å². The molecule has 8 aromatic carbocycles. The number of benzene rings is 8. The molecule has 0 N–H and O–H groups in total. The standard InChI is InChI=1S/C54H36N2O/c1-54(41-18-6-3-7-19-41)47-24-10-8-20-43(47)45-23-13-22-42(52(45)54)39-16-12-17-40(32-39)49-34-48(55-53(56-49)37-14-4-2-5-15-37)36-28-26-35(27-29-36)38-30-31-51-46(33-38)44-21-9-11-25-50(44)57-51/h2-34H,1H3. The van der Waals surface area contributed by atoms with Crippen molar-refractivity contribution >= 4 is 21.9 Å². The zero-order valence-electron chi connectivity index (χ0n) is 31.4. The summed E-state index contributed by atoms with van der Waals surface area (Å²) < 4.78 is 6.09. The first-order chi connectivity index (χ1) is 28.1. The van der Waals surface area contributed by atoms with Crippen LogP contribution in [0.5, 0.6) is 0 Å². The third-order valence-electron chi connectivity index (χ3n) is 11.8. The van der Waals surface area contributed by atoms with Gasteiger partial charge in [-0.15, -0.1) is 0 Å². The molecule has 2 aromatic heterocycles. The van der Waals surface area contributed by atoms with E-state index in [1.165, 1.54) is 33.4 Å². The SMILES string of the molecule is CC1(c2ccccc2)c2ccccc2-c2cccc(-c3cccc(-c4cc(-c5ccc(-c6ccc7oc8ccccc8c7c6)cc5)nc(-c5ccccc5)n4)c3)c21. The average Bonchev–Trinajstić information content (AvgIpc) is 3.80. The maximum atomic E-state index is 6.09. The highest BCUT2D eigenvalue weighted by Crippen LogP contribution is 2.55. The fraction of sp³-hybridized carbons (Fsp3) is 0.0370. The Bertz CT molecular complexity index is 3130. The molecule has 57 heavy (non-hydrogen) atoms. The van der Waals surface area contributed by atoms with E-state index in [1.807, 2.05) is 30.3 Å². The van der Waals surface area contributed by atoms with E-state index < -0.39 is 0 Å². The minimum Gasteiger partial charge on any atom is -0.456 e. The molecule has 0 saturated heterocycles. The number of hydrogen-bond acceptors (Lipinski definition) is 3. The summed E-state index contributed by atoms with van der Waals surface area (Å²) >= 11 is 0. The topological polar surface area (TPSA) is 38.9 Å². The molecule has 0 aliphatic heterocycles. The van der Waals surface area contributed by atoms with Crippen LogP contribution in [0.15, 0.2) is 205 Å². The van der Waals surface area contributed by atoms with E-state index in [0.29, 0.717) is 5.82 Å².